The van der Waals surface area contributed by atoms with Crippen LogP contribution in [0.4, 0.5) is 0 Å². The molecule has 5 heteroatoms. The molecule has 3 rings (SSSR count). The van der Waals surface area contributed by atoms with Gasteiger partial charge in [0.25, 0.3) is 5.91 Å². The number of carbonyl (C=O) groups excluding carboxylic acids is 1. The SMILES string of the molecule is CCCN1CC(NC(=O)c2cc(C3CC3)on2)C1. The number of hydrogen-bond donors (Lipinski definition) is 1. The van der Waals surface area contributed by atoms with Crippen LogP contribution in [0.1, 0.15) is 48.4 Å². The highest BCUT2D eigenvalue weighted by atomic mass is 16.5. The molecular formula is C13H19N3O2. The molecule has 18 heavy (non-hydrogen) atoms. The van der Waals surface area contributed by atoms with E-state index in [1.165, 1.54) is 0 Å². The van der Waals surface area contributed by atoms with Gasteiger partial charge in [-0.25, -0.2) is 0 Å². The molecule has 2 fully saturated rings. The highest BCUT2D eigenvalue weighted by Crippen LogP contribution is 2.40. The van der Waals surface area contributed by atoms with Crippen LogP contribution in [0.15, 0.2) is 10.6 Å². The predicted octanol–water partition coefficient (Wildman–Crippen LogP) is 1.38. The molecule has 0 bridgehead atoms. The van der Waals surface area contributed by atoms with Gasteiger partial charge in [0, 0.05) is 25.1 Å². The number of hydrogen-bond acceptors (Lipinski definition) is 4. The lowest BCUT2D eigenvalue weighted by Crippen LogP contribution is -2.59. The lowest BCUT2D eigenvalue weighted by molar-refractivity contribution is 0.0805. The summed E-state index contributed by atoms with van der Waals surface area (Å²) in [6.45, 7) is 5.18. The summed E-state index contributed by atoms with van der Waals surface area (Å²) in [6, 6.07) is 2.06. The smallest absolute Gasteiger partial charge is 0.273 e. The molecule has 1 N–H and O–H groups in total. The van der Waals surface area contributed by atoms with Gasteiger partial charge in [-0.3, -0.25) is 9.69 Å². The minimum atomic E-state index is -0.105. The summed E-state index contributed by atoms with van der Waals surface area (Å²) in [5, 5.41) is 6.83. The van der Waals surface area contributed by atoms with Crippen LogP contribution in [0.5, 0.6) is 0 Å². The Labute approximate surface area is 107 Å². The molecule has 1 saturated carbocycles. The van der Waals surface area contributed by atoms with E-state index >= 15 is 0 Å². The molecule has 1 aliphatic carbocycles. The monoisotopic (exact) mass is 249 g/mol. The molecule has 1 aromatic rings. The largest absolute Gasteiger partial charge is 0.360 e. The average molecular weight is 249 g/mol. The molecule has 0 aromatic carbocycles. The summed E-state index contributed by atoms with van der Waals surface area (Å²) in [5.74, 6) is 1.26. The molecular weight excluding hydrogens is 230 g/mol. The third kappa shape index (κ3) is 2.41. The van der Waals surface area contributed by atoms with Crippen LogP contribution >= 0.6 is 0 Å². The van der Waals surface area contributed by atoms with E-state index in [4.69, 9.17) is 4.52 Å². The molecule has 2 aliphatic rings. The van der Waals surface area contributed by atoms with Gasteiger partial charge >= 0.3 is 0 Å². The van der Waals surface area contributed by atoms with Crippen LogP contribution in [0.25, 0.3) is 0 Å². The molecule has 0 spiro atoms. The Morgan fingerprint density at radius 2 is 2.33 bits per heavy atom. The van der Waals surface area contributed by atoms with E-state index in [-0.39, 0.29) is 11.9 Å². The van der Waals surface area contributed by atoms with Crippen molar-refractivity contribution in [3.63, 3.8) is 0 Å². The number of carbonyl (C=O) groups is 1. The molecule has 1 amide bonds. The highest BCUT2D eigenvalue weighted by molar-refractivity contribution is 5.92. The van der Waals surface area contributed by atoms with E-state index in [1.807, 2.05) is 0 Å². The van der Waals surface area contributed by atoms with Gasteiger partial charge in [-0.1, -0.05) is 12.1 Å². The third-order valence-electron chi connectivity index (χ3n) is 3.57. The fraction of sp³-hybridized carbons (Fsp3) is 0.692. The molecule has 98 valence electrons. The maximum absolute atomic E-state index is 11.9. The average Bonchev–Trinajstić information content (AvgIpc) is 3.04. The van der Waals surface area contributed by atoms with Crippen molar-refractivity contribution in [3.8, 4) is 0 Å². The second kappa shape index (κ2) is 4.72. The van der Waals surface area contributed by atoms with E-state index in [0.717, 1.165) is 44.7 Å². The Hall–Kier alpha value is -1.36. The Kier molecular flexibility index (Phi) is 3.07. The van der Waals surface area contributed by atoms with Gasteiger partial charge in [0.15, 0.2) is 5.69 Å². The Balaban J connectivity index is 1.49. The lowest BCUT2D eigenvalue weighted by Gasteiger charge is -2.39. The molecule has 0 atom stereocenters. The van der Waals surface area contributed by atoms with Crippen molar-refractivity contribution in [2.24, 2.45) is 0 Å². The summed E-state index contributed by atoms with van der Waals surface area (Å²) < 4.78 is 5.18. The molecule has 0 unspecified atom stereocenters. The number of nitrogens with one attached hydrogen (secondary N) is 1. The summed E-state index contributed by atoms with van der Waals surface area (Å²) >= 11 is 0. The second-order valence-corrected chi connectivity index (χ2v) is 5.32. The van der Waals surface area contributed by atoms with E-state index in [9.17, 15) is 4.79 Å². The zero-order valence-corrected chi connectivity index (χ0v) is 10.7. The van der Waals surface area contributed by atoms with Gasteiger partial charge in [0.1, 0.15) is 5.76 Å². The van der Waals surface area contributed by atoms with Crippen LogP contribution in [0, 0.1) is 0 Å². The molecule has 1 saturated heterocycles. The van der Waals surface area contributed by atoms with E-state index in [1.54, 1.807) is 6.07 Å². The summed E-state index contributed by atoms with van der Waals surface area (Å²) in [6.07, 6.45) is 3.48. The van der Waals surface area contributed by atoms with Crippen molar-refractivity contribution in [3.05, 3.63) is 17.5 Å². The molecule has 1 aliphatic heterocycles. The number of nitrogens with zero attached hydrogens (tertiary/aromatic N) is 2. The van der Waals surface area contributed by atoms with Crippen molar-refractivity contribution in [1.29, 1.82) is 0 Å². The van der Waals surface area contributed by atoms with Crippen molar-refractivity contribution >= 4 is 5.91 Å². The Bertz CT molecular complexity index is 433. The predicted molar refractivity (Wildman–Crippen MR) is 66.5 cm³/mol. The number of rotatable bonds is 5. The fourth-order valence-electron chi connectivity index (χ4n) is 2.38. The normalized spacial score (nSPS) is 20.7. The quantitative estimate of drug-likeness (QED) is 0.856. The minimum absolute atomic E-state index is 0.105. The van der Waals surface area contributed by atoms with Crippen molar-refractivity contribution in [1.82, 2.24) is 15.4 Å². The zero-order chi connectivity index (χ0) is 12.5. The summed E-state index contributed by atoms with van der Waals surface area (Å²) in [5.41, 5.74) is 0.422. The first-order valence-electron chi connectivity index (χ1n) is 6.76. The number of likely N-dealkylation sites (tertiary alicyclic amines) is 1. The van der Waals surface area contributed by atoms with E-state index in [2.05, 4.69) is 22.3 Å². The first-order valence-corrected chi connectivity index (χ1v) is 6.76. The van der Waals surface area contributed by atoms with Crippen LogP contribution in [-0.2, 0) is 0 Å². The number of aromatic nitrogens is 1. The number of amides is 1. The lowest BCUT2D eigenvalue weighted by atomic mass is 10.1. The maximum atomic E-state index is 11.9. The van der Waals surface area contributed by atoms with Gasteiger partial charge in [-0.2, -0.15) is 0 Å². The zero-order valence-electron chi connectivity index (χ0n) is 10.7. The highest BCUT2D eigenvalue weighted by Gasteiger charge is 2.31. The molecule has 2 heterocycles. The maximum Gasteiger partial charge on any atom is 0.273 e. The third-order valence-corrected chi connectivity index (χ3v) is 3.57. The van der Waals surface area contributed by atoms with Crippen molar-refractivity contribution in [2.45, 2.75) is 38.1 Å². The topological polar surface area (TPSA) is 58.4 Å². The van der Waals surface area contributed by atoms with Gasteiger partial charge in [-0.05, 0) is 25.8 Å². The van der Waals surface area contributed by atoms with Crippen LogP contribution in [-0.4, -0.2) is 41.6 Å². The van der Waals surface area contributed by atoms with E-state index in [0.29, 0.717) is 11.6 Å². The van der Waals surface area contributed by atoms with Gasteiger partial charge in [0.2, 0.25) is 0 Å². The molecule has 5 nitrogen and oxygen atoms in total. The van der Waals surface area contributed by atoms with Crippen LogP contribution in [0.3, 0.4) is 0 Å². The second-order valence-electron chi connectivity index (χ2n) is 5.32. The Morgan fingerprint density at radius 1 is 1.56 bits per heavy atom. The van der Waals surface area contributed by atoms with Crippen LogP contribution in [0.2, 0.25) is 0 Å². The fourth-order valence-corrected chi connectivity index (χ4v) is 2.38. The first-order chi connectivity index (χ1) is 8.76. The van der Waals surface area contributed by atoms with Gasteiger partial charge in [-0.15, -0.1) is 0 Å². The van der Waals surface area contributed by atoms with Crippen molar-refractivity contribution < 1.29 is 9.32 Å². The van der Waals surface area contributed by atoms with Gasteiger partial charge < -0.3 is 9.84 Å². The standard InChI is InChI=1S/C13H19N3O2/c1-2-5-16-7-10(8-16)14-13(17)11-6-12(18-15-11)9-3-4-9/h6,9-10H,2-5,7-8H2,1H3,(H,14,17). The molecule has 1 aromatic heterocycles. The van der Waals surface area contributed by atoms with Gasteiger partial charge in [0.05, 0.1) is 6.04 Å². The summed E-state index contributed by atoms with van der Waals surface area (Å²) in [4.78, 5) is 14.3. The van der Waals surface area contributed by atoms with E-state index < -0.39 is 0 Å². The van der Waals surface area contributed by atoms with Crippen LogP contribution < -0.4 is 5.32 Å². The molecule has 0 radical (unpaired) electrons. The summed E-state index contributed by atoms with van der Waals surface area (Å²) in [7, 11) is 0. The first kappa shape index (κ1) is 11.7. The minimum Gasteiger partial charge on any atom is -0.360 e. The van der Waals surface area contributed by atoms with Crippen molar-refractivity contribution in [2.75, 3.05) is 19.6 Å². The Morgan fingerprint density at radius 3 is 3.00 bits per heavy atom.